The number of likely N-dealkylation sites (N-methyl/N-ethyl adjacent to an activating group) is 1. The monoisotopic (exact) mass is 410 g/mol. The van der Waals surface area contributed by atoms with Crippen LogP contribution in [0.15, 0.2) is 24.3 Å². The van der Waals surface area contributed by atoms with Gasteiger partial charge in [-0.05, 0) is 69.5 Å². The van der Waals surface area contributed by atoms with Gasteiger partial charge in [0.05, 0.1) is 14.2 Å². The van der Waals surface area contributed by atoms with E-state index in [-0.39, 0.29) is 18.3 Å². The number of ether oxygens (including phenoxy) is 2. The lowest BCUT2D eigenvalue weighted by Gasteiger charge is -2.36. The molecule has 0 bridgehead atoms. The molecule has 5 nitrogen and oxygen atoms in total. The van der Waals surface area contributed by atoms with E-state index in [0.717, 1.165) is 37.4 Å². The van der Waals surface area contributed by atoms with Crippen LogP contribution in [0.4, 0.5) is 0 Å². The number of carbonyl (C=O) groups excluding carboxylic acids is 1. The highest BCUT2D eigenvalue weighted by molar-refractivity contribution is 5.92. The average molecular weight is 411 g/mol. The smallest absolute Gasteiger partial charge is 0.246 e. The molecule has 158 valence electrons. The summed E-state index contributed by atoms with van der Waals surface area (Å²) in [5.41, 5.74) is 0.922. The first-order valence-electron chi connectivity index (χ1n) is 9.80. The maximum Gasteiger partial charge on any atom is 0.246 e. The van der Waals surface area contributed by atoms with E-state index in [9.17, 15) is 4.79 Å². The van der Waals surface area contributed by atoms with E-state index in [0.29, 0.717) is 17.5 Å². The number of hydrogen-bond donors (Lipinski definition) is 0. The molecule has 0 N–H and O–H groups in total. The van der Waals surface area contributed by atoms with Crippen molar-refractivity contribution in [2.24, 2.45) is 5.92 Å². The van der Waals surface area contributed by atoms with Gasteiger partial charge in [-0.3, -0.25) is 4.79 Å². The van der Waals surface area contributed by atoms with Gasteiger partial charge < -0.3 is 19.3 Å². The highest BCUT2D eigenvalue weighted by Gasteiger charge is 2.26. The van der Waals surface area contributed by atoms with Crippen LogP contribution in [-0.4, -0.2) is 63.2 Å². The Morgan fingerprint density at radius 1 is 1.07 bits per heavy atom. The Morgan fingerprint density at radius 3 is 2.29 bits per heavy atom. The SMILES string of the molecule is COc1ccc(/C=C/C(=O)N(CCN(C)C)C2CCC(C)CC2)cc1OC.Cl. The summed E-state index contributed by atoms with van der Waals surface area (Å²) in [5.74, 6) is 2.21. The van der Waals surface area contributed by atoms with Gasteiger partial charge in [-0.15, -0.1) is 12.4 Å². The van der Waals surface area contributed by atoms with Gasteiger partial charge in [-0.2, -0.15) is 0 Å². The van der Waals surface area contributed by atoms with Crippen molar-refractivity contribution in [3.8, 4) is 11.5 Å². The molecule has 1 aromatic carbocycles. The zero-order chi connectivity index (χ0) is 19.8. The molecule has 1 amide bonds. The van der Waals surface area contributed by atoms with Crippen molar-refractivity contribution < 1.29 is 14.3 Å². The van der Waals surface area contributed by atoms with E-state index in [1.165, 1.54) is 12.8 Å². The second-order valence-electron chi connectivity index (χ2n) is 7.70. The lowest BCUT2D eigenvalue weighted by Crippen LogP contribution is -2.44. The van der Waals surface area contributed by atoms with Gasteiger partial charge in [-0.1, -0.05) is 13.0 Å². The molecule has 6 heteroatoms. The maximum atomic E-state index is 13.0. The van der Waals surface area contributed by atoms with Crippen LogP contribution >= 0.6 is 12.4 Å². The predicted molar refractivity (Wildman–Crippen MR) is 118 cm³/mol. The van der Waals surface area contributed by atoms with Crippen LogP contribution < -0.4 is 9.47 Å². The zero-order valence-corrected chi connectivity index (χ0v) is 18.6. The molecule has 2 rings (SSSR count). The Balaban J connectivity index is 0.00000392. The fraction of sp³-hybridized carbons (Fsp3) is 0.591. The molecule has 0 radical (unpaired) electrons. The lowest BCUT2D eigenvalue weighted by atomic mass is 9.86. The number of nitrogens with zero attached hydrogens (tertiary/aromatic N) is 2. The minimum Gasteiger partial charge on any atom is -0.493 e. The summed E-state index contributed by atoms with van der Waals surface area (Å²) in [6, 6.07) is 6.02. The fourth-order valence-electron chi connectivity index (χ4n) is 3.55. The van der Waals surface area contributed by atoms with Crippen LogP contribution in [0.3, 0.4) is 0 Å². The van der Waals surface area contributed by atoms with Crippen LogP contribution in [0.25, 0.3) is 6.08 Å². The van der Waals surface area contributed by atoms with Crippen LogP contribution in [0.2, 0.25) is 0 Å². The first kappa shape index (κ1) is 24.3. The van der Waals surface area contributed by atoms with Crippen LogP contribution in [-0.2, 0) is 4.79 Å². The van der Waals surface area contributed by atoms with Crippen molar-refractivity contribution >= 4 is 24.4 Å². The van der Waals surface area contributed by atoms with Crippen LogP contribution in [0, 0.1) is 5.92 Å². The average Bonchev–Trinajstić information content (AvgIpc) is 2.67. The number of carbonyl (C=O) groups is 1. The minimum atomic E-state index is 0. The number of rotatable bonds is 8. The van der Waals surface area contributed by atoms with E-state index in [1.54, 1.807) is 20.3 Å². The fourth-order valence-corrected chi connectivity index (χ4v) is 3.55. The summed E-state index contributed by atoms with van der Waals surface area (Å²) in [7, 11) is 7.32. The molecule has 1 aliphatic rings. The first-order chi connectivity index (χ1) is 12.9. The standard InChI is InChI=1S/C22H34N2O3.ClH/c1-17-6-10-19(11-7-17)24(15-14-23(2)3)22(25)13-9-18-8-12-20(26-4)21(16-18)27-5;/h8-9,12-13,16-17,19H,6-7,10-11,14-15H2,1-5H3;1H/b13-9+;. The van der Waals surface area contributed by atoms with Crippen molar-refractivity contribution in [3.63, 3.8) is 0 Å². The molecule has 28 heavy (non-hydrogen) atoms. The molecule has 1 aliphatic carbocycles. The zero-order valence-electron chi connectivity index (χ0n) is 17.8. The summed E-state index contributed by atoms with van der Waals surface area (Å²) in [6.45, 7) is 3.95. The molecule has 0 spiro atoms. The Bertz CT molecular complexity index is 641. The quantitative estimate of drug-likeness (QED) is 0.605. The number of benzene rings is 1. The third-order valence-corrected chi connectivity index (χ3v) is 5.32. The largest absolute Gasteiger partial charge is 0.493 e. The third kappa shape index (κ3) is 7.02. The molecule has 0 heterocycles. The molecular formula is C22H35ClN2O3. The van der Waals surface area contributed by atoms with Crippen LogP contribution in [0.5, 0.6) is 11.5 Å². The molecule has 1 fully saturated rings. The molecule has 0 saturated heterocycles. The summed E-state index contributed by atoms with van der Waals surface area (Å²) in [5, 5.41) is 0. The van der Waals surface area contributed by atoms with Crippen molar-refractivity contribution in [1.82, 2.24) is 9.80 Å². The van der Waals surface area contributed by atoms with E-state index in [1.807, 2.05) is 38.4 Å². The van der Waals surface area contributed by atoms with Crippen molar-refractivity contribution in [2.45, 2.75) is 38.6 Å². The molecule has 1 saturated carbocycles. The Labute approximate surface area is 176 Å². The topological polar surface area (TPSA) is 42.0 Å². The summed E-state index contributed by atoms with van der Waals surface area (Å²) in [4.78, 5) is 17.1. The Hall–Kier alpha value is -1.72. The van der Waals surface area contributed by atoms with E-state index < -0.39 is 0 Å². The maximum absolute atomic E-state index is 13.0. The van der Waals surface area contributed by atoms with Gasteiger partial charge in [0.15, 0.2) is 11.5 Å². The van der Waals surface area contributed by atoms with Gasteiger partial charge in [0.1, 0.15) is 0 Å². The number of hydrogen-bond acceptors (Lipinski definition) is 4. The predicted octanol–water partition coefficient (Wildman–Crippen LogP) is 4.11. The number of amides is 1. The van der Waals surface area contributed by atoms with Crippen molar-refractivity contribution in [2.75, 3.05) is 41.4 Å². The molecule has 0 aromatic heterocycles. The molecule has 0 atom stereocenters. The molecule has 0 aliphatic heterocycles. The summed E-state index contributed by atoms with van der Waals surface area (Å²) >= 11 is 0. The minimum absolute atomic E-state index is 0. The van der Waals surface area contributed by atoms with E-state index >= 15 is 0 Å². The second-order valence-corrected chi connectivity index (χ2v) is 7.70. The van der Waals surface area contributed by atoms with E-state index in [2.05, 4.69) is 16.7 Å². The van der Waals surface area contributed by atoms with Gasteiger partial charge >= 0.3 is 0 Å². The van der Waals surface area contributed by atoms with Gasteiger partial charge in [0.2, 0.25) is 5.91 Å². The van der Waals surface area contributed by atoms with Gasteiger partial charge in [0, 0.05) is 25.2 Å². The first-order valence-corrected chi connectivity index (χ1v) is 9.80. The molecule has 0 unspecified atom stereocenters. The van der Waals surface area contributed by atoms with Crippen molar-refractivity contribution in [1.29, 1.82) is 0 Å². The highest BCUT2D eigenvalue weighted by Crippen LogP contribution is 2.29. The third-order valence-electron chi connectivity index (χ3n) is 5.32. The van der Waals surface area contributed by atoms with Crippen LogP contribution in [0.1, 0.15) is 38.2 Å². The normalized spacial score (nSPS) is 19.4. The molecule has 1 aromatic rings. The van der Waals surface area contributed by atoms with Gasteiger partial charge in [0.25, 0.3) is 0 Å². The second kappa shape index (κ2) is 12.0. The Kier molecular flexibility index (Phi) is 10.4. The van der Waals surface area contributed by atoms with Crippen molar-refractivity contribution in [3.05, 3.63) is 29.8 Å². The van der Waals surface area contributed by atoms with E-state index in [4.69, 9.17) is 9.47 Å². The van der Waals surface area contributed by atoms with Gasteiger partial charge in [-0.25, -0.2) is 0 Å². The highest BCUT2D eigenvalue weighted by atomic mass is 35.5. The lowest BCUT2D eigenvalue weighted by molar-refractivity contribution is -0.129. The molecular weight excluding hydrogens is 376 g/mol. The number of methoxy groups -OCH3 is 2. The number of halogens is 1. The Morgan fingerprint density at radius 2 is 1.71 bits per heavy atom. The summed E-state index contributed by atoms with van der Waals surface area (Å²) < 4.78 is 10.6. The summed E-state index contributed by atoms with van der Waals surface area (Å²) in [6.07, 6.45) is 8.16.